The number of hydrogen-bond acceptors (Lipinski definition) is 4. The first kappa shape index (κ1) is 37.6. The minimum atomic E-state index is 0.716. The highest BCUT2D eigenvalue weighted by Gasteiger charge is 2.17. The van der Waals surface area contributed by atoms with Crippen LogP contribution in [0.1, 0.15) is 47.9 Å². The lowest BCUT2D eigenvalue weighted by Crippen LogP contribution is -2.01. The Morgan fingerprint density at radius 2 is 0.522 bits per heavy atom. The van der Waals surface area contributed by atoms with E-state index in [9.17, 15) is 0 Å². The SMILES string of the molecule is ICCCOc1ccc(C(=C(c2ccc(OCCCI)cc2)c2ccc(OCCCI)cc2)c2ccc(OCCCI)cc2)cc1. The molecule has 4 nitrogen and oxygen atoms in total. The zero-order chi connectivity index (χ0) is 32.4. The van der Waals surface area contributed by atoms with Crippen molar-refractivity contribution in [3.63, 3.8) is 0 Å². The van der Waals surface area contributed by atoms with Crippen LogP contribution in [-0.4, -0.2) is 44.1 Å². The Morgan fingerprint density at radius 1 is 0.326 bits per heavy atom. The summed E-state index contributed by atoms with van der Waals surface area (Å²) in [6.07, 6.45) is 4.11. The normalized spacial score (nSPS) is 10.8. The van der Waals surface area contributed by atoms with E-state index in [1.165, 1.54) is 0 Å². The molecule has 4 aromatic carbocycles. The summed E-state index contributed by atoms with van der Waals surface area (Å²) in [5, 5.41) is 0. The number of benzene rings is 4. The molecule has 4 aromatic rings. The molecule has 0 saturated carbocycles. The third-order valence-electron chi connectivity index (χ3n) is 7.01. The minimum absolute atomic E-state index is 0.716. The second-order valence-corrected chi connectivity index (χ2v) is 14.7. The van der Waals surface area contributed by atoms with E-state index in [-0.39, 0.29) is 0 Å². The van der Waals surface area contributed by atoms with Crippen molar-refractivity contribution in [2.24, 2.45) is 0 Å². The highest BCUT2D eigenvalue weighted by atomic mass is 127. The highest BCUT2D eigenvalue weighted by Crippen LogP contribution is 2.39. The molecule has 46 heavy (non-hydrogen) atoms. The lowest BCUT2D eigenvalue weighted by Gasteiger charge is -2.19. The lowest BCUT2D eigenvalue weighted by molar-refractivity contribution is 0.319. The zero-order valence-corrected chi connectivity index (χ0v) is 34.5. The van der Waals surface area contributed by atoms with Crippen LogP contribution < -0.4 is 18.9 Å². The fourth-order valence-corrected chi connectivity index (χ4v) is 6.01. The van der Waals surface area contributed by atoms with Crippen LogP contribution in [0.5, 0.6) is 23.0 Å². The molecule has 0 radical (unpaired) electrons. The first-order valence-corrected chi connectivity index (χ1v) is 21.7. The number of alkyl halides is 4. The van der Waals surface area contributed by atoms with Gasteiger partial charge in [-0.1, -0.05) is 139 Å². The lowest BCUT2D eigenvalue weighted by atomic mass is 9.85. The van der Waals surface area contributed by atoms with Gasteiger partial charge in [0.25, 0.3) is 0 Å². The highest BCUT2D eigenvalue weighted by molar-refractivity contribution is 14.1. The molecule has 0 fully saturated rings. The maximum Gasteiger partial charge on any atom is 0.119 e. The van der Waals surface area contributed by atoms with Crippen LogP contribution in [0.25, 0.3) is 11.1 Å². The number of ether oxygens (including phenoxy) is 4. The summed E-state index contributed by atoms with van der Waals surface area (Å²) >= 11 is 9.55. The topological polar surface area (TPSA) is 36.9 Å². The van der Waals surface area contributed by atoms with Crippen molar-refractivity contribution in [1.29, 1.82) is 0 Å². The predicted octanol–water partition coefficient (Wildman–Crippen LogP) is 11.5. The predicted molar refractivity (Wildman–Crippen MR) is 227 cm³/mol. The Bertz CT molecular complexity index is 1230. The van der Waals surface area contributed by atoms with Crippen molar-refractivity contribution in [3.05, 3.63) is 119 Å². The van der Waals surface area contributed by atoms with E-state index in [1.807, 2.05) is 0 Å². The van der Waals surface area contributed by atoms with Gasteiger partial charge >= 0.3 is 0 Å². The van der Waals surface area contributed by atoms with E-state index in [4.69, 9.17) is 18.9 Å². The summed E-state index contributed by atoms with van der Waals surface area (Å²) in [5.74, 6) is 3.54. The van der Waals surface area contributed by atoms with Crippen LogP contribution >= 0.6 is 90.4 Å². The van der Waals surface area contributed by atoms with Crippen LogP contribution in [0.2, 0.25) is 0 Å². The monoisotopic (exact) mass is 1070 g/mol. The smallest absolute Gasteiger partial charge is 0.119 e. The number of rotatable bonds is 20. The molecule has 0 aliphatic heterocycles. The molecular weight excluding hydrogens is 1030 g/mol. The maximum absolute atomic E-state index is 6.02. The molecule has 244 valence electrons. The Balaban J connectivity index is 1.83. The van der Waals surface area contributed by atoms with Gasteiger partial charge in [-0.2, -0.15) is 0 Å². The fraction of sp³-hybridized carbons (Fsp3) is 0.316. The van der Waals surface area contributed by atoms with Gasteiger partial charge in [-0.05, 0) is 108 Å². The molecule has 8 heteroatoms. The van der Waals surface area contributed by atoms with Crippen molar-refractivity contribution in [2.45, 2.75) is 25.7 Å². The van der Waals surface area contributed by atoms with Gasteiger partial charge in [0.05, 0.1) is 26.4 Å². The van der Waals surface area contributed by atoms with Gasteiger partial charge in [0.2, 0.25) is 0 Å². The standard InChI is InChI=1S/C38H40I4O4/c39-21-1-25-43-33-13-5-29(6-14-33)37(30-7-15-34(16-8-30)44-26-2-22-40)38(31-9-17-35(18-10-31)45-27-3-23-41)32-11-19-36(20-12-32)46-28-4-24-42/h5-20H,1-4,21-28H2. The van der Waals surface area contributed by atoms with E-state index < -0.39 is 0 Å². The first-order chi connectivity index (χ1) is 22.7. The molecule has 0 saturated heterocycles. The maximum atomic E-state index is 6.02. The van der Waals surface area contributed by atoms with Crippen molar-refractivity contribution in [2.75, 3.05) is 44.1 Å². The summed E-state index contributed by atoms with van der Waals surface area (Å²) < 4.78 is 28.4. The second-order valence-electron chi connectivity index (χ2n) is 10.4. The largest absolute Gasteiger partial charge is 0.494 e. The quantitative estimate of drug-likeness (QED) is 0.0383. The molecule has 4 rings (SSSR count). The van der Waals surface area contributed by atoms with Crippen LogP contribution in [-0.2, 0) is 0 Å². The molecule has 0 spiro atoms. The molecule has 0 bridgehead atoms. The van der Waals surface area contributed by atoms with Gasteiger partial charge in [-0.3, -0.25) is 0 Å². The van der Waals surface area contributed by atoms with E-state index in [2.05, 4.69) is 187 Å². The Morgan fingerprint density at radius 3 is 0.696 bits per heavy atom. The Hall–Kier alpha value is -1.26. The van der Waals surface area contributed by atoms with Crippen molar-refractivity contribution >= 4 is 102 Å². The van der Waals surface area contributed by atoms with Crippen LogP contribution in [0.15, 0.2) is 97.1 Å². The van der Waals surface area contributed by atoms with Gasteiger partial charge in [-0.25, -0.2) is 0 Å². The van der Waals surface area contributed by atoms with Gasteiger partial charge < -0.3 is 18.9 Å². The van der Waals surface area contributed by atoms with E-state index >= 15 is 0 Å². The molecule has 0 N–H and O–H groups in total. The van der Waals surface area contributed by atoms with Crippen molar-refractivity contribution in [3.8, 4) is 23.0 Å². The molecule has 0 aliphatic carbocycles. The summed E-state index contributed by atoms with van der Waals surface area (Å²) in [6.45, 7) is 2.86. The zero-order valence-electron chi connectivity index (χ0n) is 25.9. The summed E-state index contributed by atoms with van der Waals surface area (Å²) in [4.78, 5) is 0. The molecule has 0 heterocycles. The second kappa shape index (κ2) is 21.7. The first-order valence-electron chi connectivity index (χ1n) is 15.6. The van der Waals surface area contributed by atoms with Crippen LogP contribution in [0, 0.1) is 0 Å². The molecular formula is C38H40I4O4. The molecule has 0 aliphatic rings. The minimum Gasteiger partial charge on any atom is -0.494 e. The van der Waals surface area contributed by atoms with Gasteiger partial charge in [0, 0.05) is 17.7 Å². The van der Waals surface area contributed by atoms with E-state index in [0.29, 0.717) is 26.4 Å². The van der Waals surface area contributed by atoms with Crippen LogP contribution in [0.3, 0.4) is 0 Å². The molecule has 0 aromatic heterocycles. The molecule has 0 atom stereocenters. The summed E-state index contributed by atoms with van der Waals surface area (Å²) in [6, 6.07) is 34.0. The summed E-state index contributed by atoms with van der Waals surface area (Å²) in [5.41, 5.74) is 6.71. The van der Waals surface area contributed by atoms with E-state index in [0.717, 1.165) is 99.8 Å². The van der Waals surface area contributed by atoms with Gasteiger partial charge in [0.15, 0.2) is 0 Å². The average Bonchev–Trinajstić information content (AvgIpc) is 3.09. The Kier molecular flexibility index (Phi) is 17.7. The summed E-state index contributed by atoms with van der Waals surface area (Å²) in [7, 11) is 0. The number of halogens is 4. The van der Waals surface area contributed by atoms with Crippen molar-refractivity contribution < 1.29 is 18.9 Å². The van der Waals surface area contributed by atoms with E-state index in [1.54, 1.807) is 0 Å². The third kappa shape index (κ3) is 12.0. The third-order valence-corrected chi connectivity index (χ3v) is 10.1. The van der Waals surface area contributed by atoms with Crippen molar-refractivity contribution in [1.82, 2.24) is 0 Å². The van der Waals surface area contributed by atoms with Gasteiger partial charge in [0.1, 0.15) is 23.0 Å². The average molecular weight is 1070 g/mol. The Labute approximate surface area is 329 Å². The fourth-order valence-electron chi connectivity index (χ4n) is 4.76. The molecule has 0 amide bonds. The number of hydrogen-bond donors (Lipinski definition) is 0. The van der Waals surface area contributed by atoms with Crippen LogP contribution in [0.4, 0.5) is 0 Å². The molecule has 0 unspecified atom stereocenters. The van der Waals surface area contributed by atoms with Gasteiger partial charge in [-0.15, -0.1) is 0 Å².